The minimum Gasteiger partial charge on any atom is -0.456 e. The zero-order valence-electron chi connectivity index (χ0n) is 11.6. The van der Waals surface area contributed by atoms with Crippen LogP contribution in [0, 0.1) is 0 Å². The molecule has 0 aliphatic carbocycles. The Morgan fingerprint density at radius 3 is 2.90 bits per heavy atom. The minimum absolute atomic E-state index is 0.150. The summed E-state index contributed by atoms with van der Waals surface area (Å²) in [5.41, 5.74) is 0.452. The molecule has 3 rings (SSSR count). The molecule has 1 atom stereocenters. The van der Waals surface area contributed by atoms with Crippen molar-refractivity contribution in [2.24, 2.45) is 0 Å². The van der Waals surface area contributed by atoms with E-state index in [-0.39, 0.29) is 11.9 Å². The Balaban J connectivity index is 1.77. The second-order valence-corrected chi connectivity index (χ2v) is 4.95. The predicted molar refractivity (Wildman–Crippen MR) is 79.5 cm³/mol. The maximum atomic E-state index is 12.4. The molecule has 1 fully saturated rings. The van der Waals surface area contributed by atoms with Gasteiger partial charge in [-0.25, -0.2) is 0 Å². The highest BCUT2D eigenvalue weighted by molar-refractivity contribution is 5.96. The third-order valence-electron chi connectivity index (χ3n) is 3.39. The summed E-state index contributed by atoms with van der Waals surface area (Å²) < 4.78 is 5.78. The van der Waals surface area contributed by atoms with Crippen molar-refractivity contribution >= 4 is 5.91 Å². The van der Waals surface area contributed by atoms with E-state index < -0.39 is 0 Å². The van der Waals surface area contributed by atoms with Gasteiger partial charge in [-0.15, -0.1) is 0 Å². The SMILES string of the molecule is O=C(N[C@@H]1CCNC1)c1cnccc1Oc1ccccc1. The van der Waals surface area contributed by atoms with Crippen LogP contribution in [0.3, 0.4) is 0 Å². The highest BCUT2D eigenvalue weighted by Gasteiger charge is 2.20. The zero-order chi connectivity index (χ0) is 14.5. The topological polar surface area (TPSA) is 63.2 Å². The Kier molecular flexibility index (Phi) is 4.12. The van der Waals surface area contributed by atoms with Gasteiger partial charge in [-0.2, -0.15) is 0 Å². The molecular formula is C16H17N3O2. The summed E-state index contributed by atoms with van der Waals surface area (Å²) in [6, 6.07) is 11.3. The molecule has 108 valence electrons. The molecule has 0 unspecified atom stereocenters. The third kappa shape index (κ3) is 3.38. The second kappa shape index (κ2) is 6.37. The van der Waals surface area contributed by atoms with Gasteiger partial charge < -0.3 is 15.4 Å². The summed E-state index contributed by atoms with van der Waals surface area (Å²) >= 11 is 0. The summed E-state index contributed by atoms with van der Waals surface area (Å²) in [5, 5.41) is 6.22. The van der Waals surface area contributed by atoms with Crippen molar-refractivity contribution in [2.45, 2.75) is 12.5 Å². The van der Waals surface area contributed by atoms with E-state index in [1.807, 2.05) is 30.3 Å². The van der Waals surface area contributed by atoms with Crippen molar-refractivity contribution in [1.82, 2.24) is 15.6 Å². The van der Waals surface area contributed by atoms with Crippen LogP contribution in [-0.2, 0) is 0 Å². The van der Waals surface area contributed by atoms with Crippen LogP contribution in [0.2, 0.25) is 0 Å². The molecule has 0 radical (unpaired) electrons. The number of benzene rings is 1. The van der Waals surface area contributed by atoms with Gasteiger partial charge >= 0.3 is 0 Å². The van der Waals surface area contributed by atoms with Gasteiger partial charge in [0, 0.05) is 25.0 Å². The lowest BCUT2D eigenvalue weighted by Crippen LogP contribution is -2.36. The van der Waals surface area contributed by atoms with Gasteiger partial charge in [-0.05, 0) is 31.2 Å². The first-order valence-electron chi connectivity index (χ1n) is 7.01. The van der Waals surface area contributed by atoms with Gasteiger partial charge in [0.15, 0.2) is 0 Å². The molecule has 0 saturated carbocycles. The number of carbonyl (C=O) groups is 1. The molecule has 0 bridgehead atoms. The number of aromatic nitrogens is 1. The number of carbonyl (C=O) groups excluding carboxylic acids is 1. The monoisotopic (exact) mass is 283 g/mol. The van der Waals surface area contributed by atoms with Gasteiger partial charge in [-0.1, -0.05) is 18.2 Å². The smallest absolute Gasteiger partial charge is 0.256 e. The lowest BCUT2D eigenvalue weighted by molar-refractivity contribution is 0.0937. The number of hydrogen-bond donors (Lipinski definition) is 2. The number of para-hydroxylation sites is 1. The molecule has 1 aromatic carbocycles. The van der Waals surface area contributed by atoms with Crippen LogP contribution in [0.5, 0.6) is 11.5 Å². The van der Waals surface area contributed by atoms with Gasteiger partial charge in [-0.3, -0.25) is 9.78 Å². The summed E-state index contributed by atoms with van der Waals surface area (Å²) in [5.74, 6) is 1.06. The van der Waals surface area contributed by atoms with E-state index in [1.165, 1.54) is 6.20 Å². The molecule has 5 heteroatoms. The molecule has 2 heterocycles. The van der Waals surface area contributed by atoms with Gasteiger partial charge in [0.05, 0.1) is 0 Å². The summed E-state index contributed by atoms with van der Waals surface area (Å²) in [6.07, 6.45) is 4.10. The van der Waals surface area contributed by atoms with Gasteiger partial charge in [0.2, 0.25) is 0 Å². The van der Waals surface area contributed by atoms with E-state index >= 15 is 0 Å². The average molecular weight is 283 g/mol. The number of nitrogens with one attached hydrogen (secondary N) is 2. The molecular weight excluding hydrogens is 266 g/mol. The molecule has 1 aliphatic rings. The molecule has 5 nitrogen and oxygen atoms in total. The van der Waals surface area contributed by atoms with E-state index in [9.17, 15) is 4.79 Å². The van der Waals surface area contributed by atoms with E-state index in [0.717, 1.165) is 19.5 Å². The fourth-order valence-corrected chi connectivity index (χ4v) is 2.30. The largest absolute Gasteiger partial charge is 0.456 e. The number of nitrogens with zero attached hydrogens (tertiary/aromatic N) is 1. The first-order valence-corrected chi connectivity index (χ1v) is 7.01. The number of hydrogen-bond acceptors (Lipinski definition) is 4. The first kappa shape index (κ1) is 13.6. The molecule has 0 spiro atoms. The number of pyridine rings is 1. The van der Waals surface area contributed by atoms with Crippen molar-refractivity contribution < 1.29 is 9.53 Å². The van der Waals surface area contributed by atoms with Crippen molar-refractivity contribution in [3.05, 3.63) is 54.4 Å². The maximum absolute atomic E-state index is 12.4. The van der Waals surface area contributed by atoms with Crippen LogP contribution in [0.15, 0.2) is 48.8 Å². The number of ether oxygens (including phenoxy) is 1. The van der Waals surface area contributed by atoms with E-state index in [2.05, 4.69) is 15.6 Å². The standard InChI is InChI=1S/C16H17N3O2/c20-16(19-12-6-8-17-10-12)14-11-18-9-7-15(14)21-13-4-2-1-3-5-13/h1-5,7,9,11-12,17H,6,8,10H2,(H,19,20)/t12-/m1/s1. The molecule has 1 amide bonds. The lowest BCUT2D eigenvalue weighted by Gasteiger charge is -2.14. The van der Waals surface area contributed by atoms with E-state index in [0.29, 0.717) is 17.1 Å². The summed E-state index contributed by atoms with van der Waals surface area (Å²) in [6.45, 7) is 1.74. The Morgan fingerprint density at radius 2 is 2.14 bits per heavy atom. The Hall–Kier alpha value is -2.40. The van der Waals surface area contributed by atoms with Crippen LogP contribution in [0.25, 0.3) is 0 Å². The molecule has 21 heavy (non-hydrogen) atoms. The Labute approximate surface area is 123 Å². The molecule has 1 saturated heterocycles. The van der Waals surface area contributed by atoms with E-state index in [4.69, 9.17) is 4.74 Å². The van der Waals surface area contributed by atoms with Crippen molar-refractivity contribution in [3.8, 4) is 11.5 Å². The van der Waals surface area contributed by atoms with Crippen LogP contribution in [0.4, 0.5) is 0 Å². The lowest BCUT2D eigenvalue weighted by atomic mass is 10.2. The fraction of sp³-hybridized carbons (Fsp3) is 0.250. The highest BCUT2D eigenvalue weighted by Crippen LogP contribution is 2.24. The fourth-order valence-electron chi connectivity index (χ4n) is 2.30. The first-order chi connectivity index (χ1) is 10.3. The second-order valence-electron chi connectivity index (χ2n) is 4.95. The quantitative estimate of drug-likeness (QED) is 0.900. The van der Waals surface area contributed by atoms with Crippen LogP contribution >= 0.6 is 0 Å². The van der Waals surface area contributed by atoms with E-state index in [1.54, 1.807) is 12.3 Å². The van der Waals surface area contributed by atoms with Crippen molar-refractivity contribution in [3.63, 3.8) is 0 Å². The minimum atomic E-state index is -0.150. The zero-order valence-corrected chi connectivity index (χ0v) is 11.6. The molecule has 1 aliphatic heterocycles. The maximum Gasteiger partial charge on any atom is 0.256 e. The Bertz CT molecular complexity index is 610. The molecule has 2 N–H and O–H groups in total. The van der Waals surface area contributed by atoms with Crippen molar-refractivity contribution in [1.29, 1.82) is 0 Å². The predicted octanol–water partition coefficient (Wildman–Crippen LogP) is 1.97. The number of rotatable bonds is 4. The van der Waals surface area contributed by atoms with Crippen molar-refractivity contribution in [2.75, 3.05) is 13.1 Å². The number of amides is 1. The van der Waals surface area contributed by atoms with Crippen LogP contribution < -0.4 is 15.4 Å². The normalized spacial score (nSPS) is 17.4. The summed E-state index contributed by atoms with van der Waals surface area (Å²) in [7, 11) is 0. The molecule has 2 aromatic rings. The summed E-state index contributed by atoms with van der Waals surface area (Å²) in [4.78, 5) is 16.4. The highest BCUT2D eigenvalue weighted by atomic mass is 16.5. The van der Waals surface area contributed by atoms with Gasteiger partial charge in [0.1, 0.15) is 17.1 Å². The third-order valence-corrected chi connectivity index (χ3v) is 3.39. The molecule has 1 aromatic heterocycles. The van der Waals surface area contributed by atoms with Crippen LogP contribution in [-0.4, -0.2) is 30.0 Å². The Morgan fingerprint density at radius 1 is 1.29 bits per heavy atom. The van der Waals surface area contributed by atoms with Gasteiger partial charge in [0.25, 0.3) is 5.91 Å². The average Bonchev–Trinajstić information content (AvgIpc) is 3.02. The van der Waals surface area contributed by atoms with Crippen LogP contribution in [0.1, 0.15) is 16.8 Å².